The molecule has 0 aliphatic carbocycles. The fraction of sp³-hybridized carbons (Fsp3) is 0.286. The molecule has 0 aliphatic rings. The summed E-state index contributed by atoms with van der Waals surface area (Å²) in [7, 11) is 1.86. The third-order valence-electron chi connectivity index (χ3n) is 2.81. The van der Waals surface area contributed by atoms with Crippen LogP contribution in [0.4, 0.5) is 11.4 Å². The van der Waals surface area contributed by atoms with Gasteiger partial charge < -0.3 is 10.6 Å². The number of hydrogen-bond acceptors (Lipinski definition) is 3. The van der Waals surface area contributed by atoms with Gasteiger partial charge in [0.1, 0.15) is 0 Å². The number of halogens is 1. The number of anilines is 2. The highest BCUT2D eigenvalue weighted by Crippen LogP contribution is 2.14. The number of rotatable bonds is 5. The summed E-state index contributed by atoms with van der Waals surface area (Å²) in [4.78, 5) is 11.8. The summed E-state index contributed by atoms with van der Waals surface area (Å²) in [6.07, 6.45) is 2.69. The van der Waals surface area contributed by atoms with E-state index in [1.54, 1.807) is 28.9 Å². The second-order valence-corrected chi connectivity index (χ2v) is 4.86. The van der Waals surface area contributed by atoms with Crippen LogP contribution in [0.25, 0.3) is 0 Å². The molecule has 0 bridgehead atoms. The quantitative estimate of drug-likeness (QED) is 0.891. The van der Waals surface area contributed by atoms with E-state index in [4.69, 9.17) is 11.6 Å². The molecule has 6 heteroatoms. The number of carbonyl (C=O) groups is 1. The minimum atomic E-state index is -0.113. The molecule has 106 valence electrons. The molecule has 1 aromatic heterocycles. The summed E-state index contributed by atoms with van der Waals surface area (Å²) in [6, 6.07) is 7.01. The van der Waals surface area contributed by atoms with Gasteiger partial charge >= 0.3 is 0 Å². The van der Waals surface area contributed by atoms with Gasteiger partial charge in [-0.1, -0.05) is 18.5 Å². The van der Waals surface area contributed by atoms with E-state index >= 15 is 0 Å². The van der Waals surface area contributed by atoms with Crippen LogP contribution in [-0.2, 0) is 18.3 Å². The Balaban J connectivity index is 1.90. The first-order valence-electron chi connectivity index (χ1n) is 6.40. The van der Waals surface area contributed by atoms with Crippen LogP contribution >= 0.6 is 11.6 Å². The monoisotopic (exact) mass is 292 g/mol. The third-order valence-corrected chi connectivity index (χ3v) is 3.06. The Hall–Kier alpha value is -2.01. The van der Waals surface area contributed by atoms with E-state index < -0.39 is 0 Å². The maximum atomic E-state index is 11.8. The average Bonchev–Trinajstić information content (AvgIpc) is 2.79. The third kappa shape index (κ3) is 3.74. The molecule has 2 aromatic rings. The van der Waals surface area contributed by atoms with Gasteiger partial charge in [0.25, 0.3) is 0 Å². The van der Waals surface area contributed by atoms with Crippen LogP contribution in [0.1, 0.15) is 12.6 Å². The van der Waals surface area contributed by atoms with E-state index in [1.807, 2.05) is 20.2 Å². The smallest absolute Gasteiger partial charge is 0.243 e. The van der Waals surface area contributed by atoms with E-state index in [1.165, 1.54) is 0 Å². The van der Waals surface area contributed by atoms with Crippen LogP contribution in [0.2, 0.25) is 5.02 Å². The second kappa shape index (κ2) is 6.43. The highest BCUT2D eigenvalue weighted by molar-refractivity contribution is 6.30. The van der Waals surface area contributed by atoms with Crippen LogP contribution in [0.3, 0.4) is 0 Å². The Kier molecular flexibility index (Phi) is 4.63. The number of amides is 1. The van der Waals surface area contributed by atoms with E-state index in [0.717, 1.165) is 23.5 Å². The summed E-state index contributed by atoms with van der Waals surface area (Å²) in [5.74, 6) is -0.113. The zero-order valence-corrected chi connectivity index (χ0v) is 12.2. The number of nitrogens with zero attached hydrogens (tertiary/aromatic N) is 2. The van der Waals surface area contributed by atoms with Crippen LogP contribution in [-0.4, -0.2) is 22.2 Å². The van der Waals surface area contributed by atoms with Gasteiger partial charge in [-0.05, 0) is 30.7 Å². The van der Waals surface area contributed by atoms with Crippen molar-refractivity contribution in [3.8, 4) is 0 Å². The lowest BCUT2D eigenvalue weighted by atomic mass is 10.3. The van der Waals surface area contributed by atoms with E-state index in [-0.39, 0.29) is 12.5 Å². The number of benzene rings is 1. The van der Waals surface area contributed by atoms with Crippen molar-refractivity contribution < 1.29 is 4.79 Å². The predicted octanol–water partition coefficient (Wildman–Crippen LogP) is 2.69. The van der Waals surface area contributed by atoms with Gasteiger partial charge in [-0.3, -0.25) is 9.48 Å². The normalized spacial score (nSPS) is 10.3. The molecule has 0 spiro atoms. The molecule has 0 saturated carbocycles. The van der Waals surface area contributed by atoms with Crippen molar-refractivity contribution in [2.24, 2.45) is 7.05 Å². The molecular weight excluding hydrogens is 276 g/mol. The molecule has 1 heterocycles. The first-order chi connectivity index (χ1) is 9.58. The number of aryl methyl sites for hydroxylation is 2. The fourth-order valence-corrected chi connectivity index (χ4v) is 1.98. The number of carbonyl (C=O) groups excluding carboxylic acids is 1. The Morgan fingerprint density at radius 1 is 1.35 bits per heavy atom. The Morgan fingerprint density at radius 3 is 2.70 bits per heavy atom. The lowest BCUT2D eigenvalue weighted by molar-refractivity contribution is -0.114. The zero-order valence-electron chi connectivity index (χ0n) is 11.5. The van der Waals surface area contributed by atoms with Gasteiger partial charge in [0.15, 0.2) is 0 Å². The Morgan fingerprint density at radius 2 is 2.05 bits per heavy atom. The first-order valence-corrected chi connectivity index (χ1v) is 6.78. The molecule has 0 saturated heterocycles. The topological polar surface area (TPSA) is 59.0 Å². The van der Waals surface area contributed by atoms with Crippen LogP contribution < -0.4 is 10.6 Å². The minimum Gasteiger partial charge on any atom is -0.373 e. The lowest BCUT2D eigenvalue weighted by Gasteiger charge is -2.07. The molecule has 0 aliphatic heterocycles. The summed E-state index contributed by atoms with van der Waals surface area (Å²) in [6.45, 7) is 2.22. The van der Waals surface area contributed by atoms with E-state index in [0.29, 0.717) is 5.02 Å². The SMILES string of the molecule is CCc1nn(C)cc1NCC(=O)Nc1ccc(Cl)cc1. The first kappa shape index (κ1) is 14.4. The van der Waals surface area contributed by atoms with Crippen LogP contribution in [0.5, 0.6) is 0 Å². The molecule has 1 aromatic carbocycles. The molecule has 20 heavy (non-hydrogen) atoms. The highest BCUT2D eigenvalue weighted by atomic mass is 35.5. The van der Waals surface area contributed by atoms with E-state index in [9.17, 15) is 4.79 Å². The maximum Gasteiger partial charge on any atom is 0.243 e. The van der Waals surface area contributed by atoms with Gasteiger partial charge in [-0.15, -0.1) is 0 Å². The number of nitrogens with one attached hydrogen (secondary N) is 2. The van der Waals surface area contributed by atoms with Crippen molar-refractivity contribution in [2.75, 3.05) is 17.2 Å². The van der Waals surface area contributed by atoms with Crippen molar-refractivity contribution in [3.63, 3.8) is 0 Å². The van der Waals surface area contributed by atoms with Crippen LogP contribution in [0.15, 0.2) is 30.5 Å². The summed E-state index contributed by atoms with van der Waals surface area (Å²) in [5.41, 5.74) is 2.57. The van der Waals surface area contributed by atoms with Gasteiger partial charge in [0.2, 0.25) is 5.91 Å². The van der Waals surface area contributed by atoms with Gasteiger partial charge in [-0.2, -0.15) is 5.10 Å². The summed E-state index contributed by atoms with van der Waals surface area (Å²) in [5, 5.41) is 10.8. The predicted molar refractivity (Wildman–Crippen MR) is 81.2 cm³/mol. The average molecular weight is 293 g/mol. The van der Waals surface area contributed by atoms with Gasteiger partial charge in [-0.25, -0.2) is 0 Å². The van der Waals surface area contributed by atoms with Gasteiger partial charge in [0, 0.05) is 24.0 Å². The fourth-order valence-electron chi connectivity index (χ4n) is 1.86. The Labute approximate surface area is 122 Å². The standard InChI is InChI=1S/C14H17ClN4O/c1-3-12-13(9-19(2)18-12)16-8-14(20)17-11-6-4-10(15)5-7-11/h4-7,9,16H,3,8H2,1-2H3,(H,17,20). The molecule has 0 unspecified atom stereocenters. The molecule has 5 nitrogen and oxygen atoms in total. The molecule has 0 radical (unpaired) electrons. The zero-order chi connectivity index (χ0) is 14.5. The van der Waals surface area contributed by atoms with Crippen LogP contribution in [0, 0.1) is 0 Å². The van der Waals surface area contributed by atoms with Crippen molar-refractivity contribution in [2.45, 2.75) is 13.3 Å². The molecule has 1 amide bonds. The van der Waals surface area contributed by atoms with Crippen molar-refractivity contribution >= 4 is 28.9 Å². The maximum absolute atomic E-state index is 11.8. The van der Waals surface area contributed by atoms with Gasteiger partial charge in [0.05, 0.1) is 17.9 Å². The van der Waals surface area contributed by atoms with Crippen molar-refractivity contribution in [3.05, 3.63) is 41.2 Å². The summed E-state index contributed by atoms with van der Waals surface area (Å²) >= 11 is 5.79. The molecule has 2 N–H and O–H groups in total. The van der Waals surface area contributed by atoms with Crippen molar-refractivity contribution in [1.29, 1.82) is 0 Å². The molecule has 0 fully saturated rings. The van der Waals surface area contributed by atoms with Crippen molar-refractivity contribution in [1.82, 2.24) is 9.78 Å². The minimum absolute atomic E-state index is 0.113. The summed E-state index contributed by atoms with van der Waals surface area (Å²) < 4.78 is 1.73. The molecule has 0 atom stereocenters. The highest BCUT2D eigenvalue weighted by Gasteiger charge is 2.07. The lowest BCUT2D eigenvalue weighted by Crippen LogP contribution is -2.21. The Bertz CT molecular complexity index is 592. The largest absolute Gasteiger partial charge is 0.373 e. The second-order valence-electron chi connectivity index (χ2n) is 4.43. The molecular formula is C14H17ClN4O. The number of hydrogen-bond donors (Lipinski definition) is 2. The molecule has 2 rings (SSSR count). The van der Waals surface area contributed by atoms with E-state index in [2.05, 4.69) is 15.7 Å². The number of aromatic nitrogens is 2.